The molecule has 180 valence electrons. The molecule has 0 aliphatic rings. The summed E-state index contributed by atoms with van der Waals surface area (Å²) in [5.74, 6) is 0.656. The van der Waals surface area contributed by atoms with Crippen molar-refractivity contribution in [3.63, 3.8) is 0 Å². The Balaban J connectivity index is -0.00000184. The van der Waals surface area contributed by atoms with E-state index in [4.69, 9.17) is 9.79 Å². The van der Waals surface area contributed by atoms with Crippen molar-refractivity contribution in [2.24, 2.45) is 10.7 Å². The highest BCUT2D eigenvalue weighted by Crippen LogP contribution is 2.35. The lowest BCUT2D eigenvalue weighted by atomic mass is 10.1. The van der Waals surface area contributed by atoms with Gasteiger partial charge in [-0.25, -0.2) is 0 Å². The number of allylic oxidation sites excluding steroid dienone is 7. The summed E-state index contributed by atoms with van der Waals surface area (Å²) in [6, 6.07) is -0.0298. The molecule has 0 aliphatic carbocycles. The van der Waals surface area contributed by atoms with Crippen LogP contribution in [0.25, 0.3) is 0 Å². The molecule has 0 aromatic rings. The first-order chi connectivity index (χ1) is 14.7. The van der Waals surface area contributed by atoms with E-state index in [9.17, 15) is 4.57 Å². The lowest BCUT2D eigenvalue weighted by Gasteiger charge is -2.15. The van der Waals surface area contributed by atoms with Crippen LogP contribution in [0.2, 0.25) is 0 Å². The van der Waals surface area contributed by atoms with Crippen LogP contribution in [-0.2, 0) is 4.57 Å². The van der Waals surface area contributed by atoms with Gasteiger partial charge in [0.25, 0.3) is 0 Å². The van der Waals surface area contributed by atoms with Gasteiger partial charge in [0.1, 0.15) is 0 Å². The topological polar surface area (TPSA) is 120 Å². The SMILES string of the molecule is C=C(NCCCCP(=O)(O)O)NC(C)C=NC(/C=C\C)=C(/C=C\C)/C=C\C.CC.CN. The molecule has 7 nitrogen and oxygen atoms in total. The third-order valence-electron chi connectivity index (χ3n) is 3.37. The van der Waals surface area contributed by atoms with Crippen LogP contribution in [-0.4, -0.2) is 41.8 Å². The van der Waals surface area contributed by atoms with Crippen molar-refractivity contribution in [1.29, 1.82) is 0 Å². The van der Waals surface area contributed by atoms with E-state index in [2.05, 4.69) is 27.9 Å². The van der Waals surface area contributed by atoms with Crippen molar-refractivity contribution < 1.29 is 14.4 Å². The summed E-state index contributed by atoms with van der Waals surface area (Å²) in [4.78, 5) is 22.2. The molecule has 0 fully saturated rings. The number of nitrogens with two attached hydrogens (primary N) is 1. The van der Waals surface area contributed by atoms with Crippen LogP contribution in [0.4, 0.5) is 0 Å². The molecular weight excluding hydrogens is 411 g/mol. The molecule has 0 bridgehead atoms. The molecule has 0 saturated heterocycles. The summed E-state index contributed by atoms with van der Waals surface area (Å²) in [6.07, 6.45) is 14.8. The van der Waals surface area contributed by atoms with Crippen molar-refractivity contribution in [3.05, 3.63) is 60.1 Å². The van der Waals surface area contributed by atoms with Gasteiger partial charge in [-0.3, -0.25) is 9.56 Å². The predicted octanol–water partition coefficient (Wildman–Crippen LogP) is 4.64. The quantitative estimate of drug-likeness (QED) is 0.119. The summed E-state index contributed by atoms with van der Waals surface area (Å²) in [5.41, 5.74) is 6.40. The molecule has 0 radical (unpaired) electrons. The monoisotopic (exact) mass is 456 g/mol. The van der Waals surface area contributed by atoms with E-state index >= 15 is 0 Å². The lowest BCUT2D eigenvalue weighted by Crippen LogP contribution is -2.33. The largest absolute Gasteiger partial charge is 0.372 e. The molecule has 0 aliphatic heterocycles. The average molecular weight is 457 g/mol. The first-order valence-corrected chi connectivity index (χ1v) is 12.5. The van der Waals surface area contributed by atoms with Crippen molar-refractivity contribution in [3.8, 4) is 0 Å². The second-order valence-electron chi connectivity index (χ2n) is 6.05. The van der Waals surface area contributed by atoms with Crippen LogP contribution >= 0.6 is 7.60 Å². The Labute approximate surface area is 190 Å². The molecule has 31 heavy (non-hydrogen) atoms. The number of hydrogen-bond donors (Lipinski definition) is 5. The van der Waals surface area contributed by atoms with Gasteiger partial charge in [-0.15, -0.1) is 0 Å². The Morgan fingerprint density at radius 2 is 1.58 bits per heavy atom. The number of rotatable bonds is 13. The van der Waals surface area contributed by atoms with Gasteiger partial charge in [0, 0.05) is 18.9 Å². The Morgan fingerprint density at radius 3 is 2.03 bits per heavy atom. The minimum Gasteiger partial charge on any atom is -0.372 e. The van der Waals surface area contributed by atoms with Crippen molar-refractivity contribution >= 4 is 13.8 Å². The summed E-state index contributed by atoms with van der Waals surface area (Å²) in [6.45, 7) is 16.4. The van der Waals surface area contributed by atoms with Crippen LogP contribution in [0.5, 0.6) is 0 Å². The molecule has 0 saturated carbocycles. The van der Waals surface area contributed by atoms with Gasteiger partial charge >= 0.3 is 7.60 Å². The maximum Gasteiger partial charge on any atom is 0.325 e. The molecule has 1 unspecified atom stereocenters. The maximum absolute atomic E-state index is 10.8. The van der Waals surface area contributed by atoms with Gasteiger partial charge in [0.15, 0.2) is 0 Å². The smallest absolute Gasteiger partial charge is 0.325 e. The zero-order valence-electron chi connectivity index (χ0n) is 20.4. The molecule has 0 heterocycles. The first kappa shape index (κ1) is 33.7. The molecule has 0 aromatic heterocycles. The zero-order chi connectivity index (χ0) is 24.7. The molecule has 0 spiro atoms. The second-order valence-corrected chi connectivity index (χ2v) is 7.83. The van der Waals surface area contributed by atoms with E-state index in [1.54, 1.807) is 0 Å². The van der Waals surface area contributed by atoms with Crippen molar-refractivity contribution in [2.45, 2.75) is 60.4 Å². The maximum atomic E-state index is 10.8. The summed E-state index contributed by atoms with van der Waals surface area (Å²) in [5, 5.41) is 6.30. The third kappa shape index (κ3) is 22.6. The van der Waals surface area contributed by atoms with E-state index in [1.165, 1.54) is 7.05 Å². The average Bonchev–Trinajstić information content (AvgIpc) is 2.73. The van der Waals surface area contributed by atoms with Gasteiger partial charge < -0.3 is 26.2 Å². The van der Waals surface area contributed by atoms with E-state index in [1.807, 2.05) is 84.2 Å². The van der Waals surface area contributed by atoms with Crippen LogP contribution in [0, 0.1) is 0 Å². The van der Waals surface area contributed by atoms with Crippen LogP contribution in [0.1, 0.15) is 54.4 Å². The predicted molar refractivity (Wildman–Crippen MR) is 137 cm³/mol. The molecule has 6 N–H and O–H groups in total. The van der Waals surface area contributed by atoms with Gasteiger partial charge in [-0.1, -0.05) is 50.8 Å². The van der Waals surface area contributed by atoms with Crippen molar-refractivity contribution in [1.82, 2.24) is 10.6 Å². The number of nitrogens with zero attached hydrogens (tertiary/aromatic N) is 1. The lowest BCUT2D eigenvalue weighted by molar-refractivity contribution is 0.371. The molecule has 0 aromatic carbocycles. The van der Waals surface area contributed by atoms with Gasteiger partial charge in [0.05, 0.1) is 17.6 Å². The molecule has 8 heteroatoms. The number of unbranched alkanes of at least 4 members (excludes halogenated alkanes) is 1. The van der Waals surface area contributed by atoms with E-state index in [0.29, 0.717) is 25.2 Å². The first-order valence-electron chi connectivity index (χ1n) is 10.7. The molecule has 1 atom stereocenters. The minimum atomic E-state index is -3.90. The Hall–Kier alpha value is -1.92. The van der Waals surface area contributed by atoms with Gasteiger partial charge in [-0.2, -0.15) is 0 Å². The number of aliphatic imine (C=N–C) groups is 1. The standard InChI is InChI=1S/C20H34N3O3P.C2H6.CH5N/c1-6-11-19(12-7-2)20(13-8-3)22-16-17(4)23-18(5)21-14-9-10-15-27(24,25)26;2*1-2/h6-8,11-13,16-17,21,23H,5,9-10,14-15H2,1-4H3,(H2,24,25,26);1-2H3;2H2,1H3/b11-6-,12-7-,13-8-,22-16?;;. The Morgan fingerprint density at radius 1 is 1.06 bits per heavy atom. The number of nitrogens with one attached hydrogen (secondary N) is 2. The normalized spacial score (nSPS) is 12.3. The summed E-state index contributed by atoms with van der Waals surface area (Å²) >= 11 is 0. The third-order valence-corrected chi connectivity index (χ3v) is 4.27. The van der Waals surface area contributed by atoms with E-state index in [0.717, 1.165) is 11.3 Å². The highest BCUT2D eigenvalue weighted by Gasteiger charge is 2.11. The molecule has 0 amide bonds. The van der Waals surface area contributed by atoms with Crippen molar-refractivity contribution in [2.75, 3.05) is 19.8 Å². The fraction of sp³-hybridized carbons (Fsp3) is 0.522. The minimum absolute atomic E-state index is 0.0298. The Kier molecular flexibility index (Phi) is 24.7. The summed E-state index contributed by atoms with van der Waals surface area (Å²) in [7, 11) is -2.40. The number of hydrogen-bond acceptors (Lipinski definition) is 5. The van der Waals surface area contributed by atoms with Crippen LogP contribution < -0.4 is 16.4 Å². The second kappa shape index (κ2) is 22.8. The Bertz CT molecular complexity index is 633. The fourth-order valence-electron chi connectivity index (χ4n) is 2.19. The van der Waals surface area contributed by atoms with E-state index < -0.39 is 7.60 Å². The highest BCUT2D eigenvalue weighted by molar-refractivity contribution is 7.51. The van der Waals surface area contributed by atoms with Gasteiger partial charge in [-0.05, 0) is 59.2 Å². The molecule has 0 rings (SSSR count). The highest BCUT2D eigenvalue weighted by atomic mass is 31.2. The van der Waals surface area contributed by atoms with Crippen LogP contribution in [0.15, 0.2) is 65.1 Å². The summed E-state index contributed by atoms with van der Waals surface area (Å²) < 4.78 is 10.8. The van der Waals surface area contributed by atoms with E-state index in [-0.39, 0.29) is 12.2 Å². The zero-order valence-corrected chi connectivity index (χ0v) is 21.3. The fourth-order valence-corrected chi connectivity index (χ4v) is 2.83. The van der Waals surface area contributed by atoms with Gasteiger partial charge in [0.2, 0.25) is 0 Å². The van der Waals surface area contributed by atoms with Crippen LogP contribution in [0.3, 0.4) is 0 Å². The molecular formula is C23H45N4O3P.